The molecule has 0 aliphatic rings. The topological polar surface area (TPSA) is 41.6 Å². The van der Waals surface area contributed by atoms with Crippen LogP contribution in [0.4, 0.5) is 0 Å². The summed E-state index contributed by atoms with van der Waals surface area (Å²) in [5.74, 6) is 0. The molecule has 114 valence electrons. The van der Waals surface area contributed by atoms with Crippen molar-refractivity contribution in [3.63, 3.8) is 0 Å². The molecule has 0 amide bonds. The van der Waals surface area contributed by atoms with Crippen molar-refractivity contribution in [3.8, 4) is 17.2 Å². The SMILES string of the molecule is N#Cc1ccccc1-c1ccc(Cn2[c-]ncc2)cc1.[Cl][Ag]. The first-order valence-electron chi connectivity index (χ1n) is 6.45. The molecule has 1 heterocycles. The van der Waals surface area contributed by atoms with Crippen molar-refractivity contribution in [1.29, 1.82) is 5.26 Å². The fourth-order valence-electron chi connectivity index (χ4n) is 2.16. The Bertz CT molecular complexity index is 746. The molecule has 0 N–H and O–H groups in total. The summed E-state index contributed by atoms with van der Waals surface area (Å²) in [6.07, 6.45) is 6.48. The van der Waals surface area contributed by atoms with Gasteiger partial charge in [-0.3, -0.25) is 0 Å². The number of halogens is 1. The van der Waals surface area contributed by atoms with Crippen molar-refractivity contribution in [2.24, 2.45) is 0 Å². The molecule has 22 heavy (non-hydrogen) atoms. The quantitative estimate of drug-likeness (QED) is 0.492. The van der Waals surface area contributed by atoms with Crippen LogP contribution in [0.5, 0.6) is 0 Å². The average molecular weight is 402 g/mol. The van der Waals surface area contributed by atoms with E-state index in [-0.39, 0.29) is 0 Å². The minimum absolute atomic E-state index is 0.697. The van der Waals surface area contributed by atoms with E-state index in [9.17, 15) is 0 Å². The van der Waals surface area contributed by atoms with Gasteiger partial charge in [-0.05, 0) is 22.8 Å². The summed E-state index contributed by atoms with van der Waals surface area (Å²) < 4.78 is 1.90. The molecule has 0 spiro atoms. The average Bonchev–Trinajstić information content (AvgIpc) is 3.10. The van der Waals surface area contributed by atoms with E-state index in [2.05, 4.69) is 58.7 Å². The Balaban J connectivity index is 0.000000847. The Morgan fingerprint density at radius 3 is 2.50 bits per heavy atom. The molecule has 0 aliphatic heterocycles. The molecule has 0 atom stereocenters. The van der Waals surface area contributed by atoms with Crippen molar-refractivity contribution in [3.05, 3.63) is 78.4 Å². The molecule has 0 unspecified atom stereocenters. The Kier molecular flexibility index (Phi) is 6.45. The number of rotatable bonds is 3. The number of nitriles is 1. The predicted molar refractivity (Wildman–Crippen MR) is 82.6 cm³/mol. The van der Waals surface area contributed by atoms with Crippen LogP contribution in [0.3, 0.4) is 0 Å². The van der Waals surface area contributed by atoms with Crippen LogP contribution in [0, 0.1) is 17.7 Å². The van der Waals surface area contributed by atoms with Crippen LogP contribution in [0.2, 0.25) is 0 Å². The van der Waals surface area contributed by atoms with Crippen LogP contribution in [0.1, 0.15) is 11.1 Å². The molecule has 0 saturated carbocycles. The van der Waals surface area contributed by atoms with Gasteiger partial charge in [-0.15, -0.1) is 12.4 Å². The van der Waals surface area contributed by atoms with E-state index < -0.39 is 0 Å². The summed E-state index contributed by atoms with van der Waals surface area (Å²) in [7, 11) is 4.45. The fourth-order valence-corrected chi connectivity index (χ4v) is 2.16. The number of benzene rings is 2. The van der Waals surface area contributed by atoms with E-state index in [1.807, 2.05) is 47.2 Å². The van der Waals surface area contributed by atoms with Crippen molar-refractivity contribution in [2.45, 2.75) is 6.54 Å². The molecule has 0 aliphatic carbocycles. The first kappa shape index (κ1) is 16.5. The minimum atomic E-state index is 0.697. The van der Waals surface area contributed by atoms with E-state index in [0.29, 0.717) is 5.56 Å². The molecule has 5 heteroatoms. The Labute approximate surface area is 145 Å². The number of hydrogen-bond donors (Lipinski definition) is 0. The number of nitrogens with zero attached hydrogens (tertiary/aromatic N) is 3. The maximum absolute atomic E-state index is 9.14. The number of hydrogen-bond acceptors (Lipinski definition) is 2. The van der Waals surface area contributed by atoms with Crippen LogP contribution in [0.15, 0.2) is 60.9 Å². The molecule has 0 bridgehead atoms. The van der Waals surface area contributed by atoms with Gasteiger partial charge in [0.2, 0.25) is 0 Å². The van der Waals surface area contributed by atoms with Gasteiger partial charge in [0.15, 0.2) is 0 Å². The molecule has 0 fully saturated rings. The second-order valence-electron chi connectivity index (χ2n) is 4.51. The van der Waals surface area contributed by atoms with Crippen LogP contribution < -0.4 is 0 Å². The molecular weight excluding hydrogens is 390 g/mol. The van der Waals surface area contributed by atoms with Crippen LogP contribution >= 0.6 is 9.19 Å². The standard InChI is InChI=1S/C17H12N3.Ag.ClH/c18-11-16-3-1-2-4-17(16)15-7-5-14(6-8-15)12-20-10-9-19-13-20;;/h1-10H,12H2;;1H/q-1;+1;/p-1. The van der Waals surface area contributed by atoms with E-state index in [1.165, 1.54) is 5.56 Å². The first-order valence-corrected chi connectivity index (χ1v) is 8.36. The summed E-state index contributed by atoms with van der Waals surface area (Å²) >= 11 is 2.42. The third-order valence-corrected chi connectivity index (χ3v) is 3.17. The van der Waals surface area contributed by atoms with Crippen molar-refractivity contribution >= 4 is 9.19 Å². The molecule has 3 aromatic rings. The summed E-state index contributed by atoms with van der Waals surface area (Å²) in [5.41, 5.74) is 3.90. The van der Waals surface area contributed by atoms with E-state index in [0.717, 1.165) is 17.7 Å². The van der Waals surface area contributed by atoms with Gasteiger partial charge in [-0.25, -0.2) is 0 Å². The van der Waals surface area contributed by atoms with Gasteiger partial charge in [0.1, 0.15) is 0 Å². The zero-order valence-corrected chi connectivity index (χ0v) is 13.7. The molecule has 3 nitrogen and oxygen atoms in total. The zero-order chi connectivity index (χ0) is 15.8. The molecule has 0 saturated heterocycles. The van der Waals surface area contributed by atoms with E-state index >= 15 is 0 Å². The van der Waals surface area contributed by atoms with Gasteiger partial charge in [0.05, 0.1) is 11.6 Å². The molecule has 2 aromatic carbocycles. The second kappa shape index (κ2) is 8.57. The second-order valence-corrected chi connectivity index (χ2v) is 4.51. The normalized spacial score (nSPS) is 9.55. The van der Waals surface area contributed by atoms with Gasteiger partial charge in [-0.1, -0.05) is 42.5 Å². The monoisotopic (exact) mass is 400 g/mol. The Morgan fingerprint density at radius 1 is 1.14 bits per heavy atom. The third-order valence-electron chi connectivity index (χ3n) is 3.17. The van der Waals surface area contributed by atoms with Gasteiger partial charge in [0, 0.05) is 12.9 Å². The van der Waals surface area contributed by atoms with Crippen LogP contribution in [0.25, 0.3) is 11.1 Å². The fraction of sp³-hybridized carbons (Fsp3) is 0.0588. The maximum atomic E-state index is 9.14. The van der Waals surface area contributed by atoms with Crippen molar-refractivity contribution in [2.75, 3.05) is 0 Å². The molecule has 1 aromatic heterocycles. The van der Waals surface area contributed by atoms with Gasteiger partial charge in [0.25, 0.3) is 0 Å². The molecule has 0 radical (unpaired) electrons. The number of imidazole rings is 1. The summed E-state index contributed by atoms with van der Waals surface area (Å²) in [6.45, 7) is 0.750. The van der Waals surface area contributed by atoms with Crippen molar-refractivity contribution < 1.29 is 20.0 Å². The summed E-state index contributed by atoms with van der Waals surface area (Å²) in [5, 5.41) is 9.14. The van der Waals surface area contributed by atoms with Gasteiger partial charge < -0.3 is 9.55 Å². The van der Waals surface area contributed by atoms with Crippen molar-refractivity contribution in [1.82, 2.24) is 9.55 Å². The van der Waals surface area contributed by atoms with E-state index in [4.69, 9.17) is 5.26 Å². The third kappa shape index (κ3) is 4.09. The predicted octanol–water partition coefficient (Wildman–Crippen LogP) is 3.96. The zero-order valence-electron chi connectivity index (χ0n) is 11.5. The summed E-state index contributed by atoms with van der Waals surface area (Å²) in [6, 6.07) is 18.1. The van der Waals surface area contributed by atoms with Crippen LogP contribution in [-0.4, -0.2) is 9.55 Å². The summed E-state index contributed by atoms with van der Waals surface area (Å²) in [4.78, 5) is 3.91. The Hall–Kier alpha value is -1.83. The van der Waals surface area contributed by atoms with E-state index in [1.54, 1.807) is 6.20 Å². The first-order chi connectivity index (χ1) is 10.9. The molecule has 3 rings (SSSR count). The van der Waals surface area contributed by atoms with Gasteiger partial charge in [-0.2, -0.15) is 5.26 Å². The van der Waals surface area contributed by atoms with Crippen LogP contribution in [-0.2, 0) is 26.5 Å². The Morgan fingerprint density at radius 2 is 1.86 bits per heavy atom. The molecular formula is C17H12AgClN3-. The number of aromatic nitrogens is 2. The van der Waals surface area contributed by atoms with Gasteiger partial charge >= 0.3 is 29.2 Å².